The van der Waals surface area contributed by atoms with Crippen molar-refractivity contribution in [3.63, 3.8) is 0 Å². The van der Waals surface area contributed by atoms with Gasteiger partial charge in [-0.1, -0.05) is 48.5 Å². The average Bonchev–Trinajstić information content (AvgIpc) is 2.66. The topological polar surface area (TPSA) is 39.4 Å². The Morgan fingerprint density at radius 3 is 2.32 bits per heavy atom. The lowest BCUT2D eigenvalue weighted by Crippen LogP contribution is -2.00. The summed E-state index contributed by atoms with van der Waals surface area (Å²) in [6.45, 7) is 0. The van der Waals surface area contributed by atoms with E-state index in [0.717, 1.165) is 43.3 Å². The Hall–Kier alpha value is -3.33. The Kier molecular flexibility index (Phi) is 2.86. The van der Waals surface area contributed by atoms with Crippen molar-refractivity contribution in [3.8, 4) is 5.75 Å². The molecule has 0 N–H and O–H groups in total. The molecule has 3 nitrogen and oxygen atoms in total. The maximum Gasteiger partial charge on any atom is 0.182 e. The molecule has 0 fully saturated rings. The van der Waals surface area contributed by atoms with E-state index in [4.69, 9.17) is 9.15 Å². The molecule has 1 aromatic heterocycles. The summed E-state index contributed by atoms with van der Waals surface area (Å²) in [5.41, 5.74) is 0.666. The van der Waals surface area contributed by atoms with E-state index in [1.807, 2.05) is 36.4 Å². The summed E-state index contributed by atoms with van der Waals surface area (Å²) in [7, 11) is 1.58. The number of methoxy groups -OCH3 is 1. The number of hydrogen-bond donors (Lipinski definition) is 0. The van der Waals surface area contributed by atoms with Crippen molar-refractivity contribution < 1.29 is 9.15 Å². The minimum atomic E-state index is -0.0744. The molecule has 0 saturated heterocycles. The molecule has 0 aliphatic rings. The summed E-state index contributed by atoms with van der Waals surface area (Å²) >= 11 is 0. The van der Waals surface area contributed by atoms with Crippen molar-refractivity contribution in [2.75, 3.05) is 7.11 Å². The number of hydrogen-bond acceptors (Lipinski definition) is 3. The molecule has 3 heteroatoms. The van der Waals surface area contributed by atoms with Crippen LogP contribution in [0.4, 0.5) is 0 Å². The number of rotatable bonds is 1. The molecule has 0 amide bonds. The van der Waals surface area contributed by atoms with Crippen LogP contribution in [0.1, 0.15) is 0 Å². The standard InChI is InChI=1S/C22H14O3/c1-24-19-11-14(23)10-18-16-8-4-5-9-17(16)20-15-7-3-2-6-13(15)12-25-22(20)21(18)19/h2-12H,1H3. The largest absolute Gasteiger partial charge is 0.496 e. The van der Waals surface area contributed by atoms with Gasteiger partial charge >= 0.3 is 0 Å². The van der Waals surface area contributed by atoms with Crippen LogP contribution in [0.3, 0.4) is 0 Å². The second-order valence-corrected chi connectivity index (χ2v) is 6.12. The second-order valence-electron chi connectivity index (χ2n) is 6.12. The summed E-state index contributed by atoms with van der Waals surface area (Å²) in [5.74, 6) is 0.539. The van der Waals surface area contributed by atoms with Crippen LogP contribution in [0.2, 0.25) is 0 Å². The molecular weight excluding hydrogens is 312 g/mol. The van der Waals surface area contributed by atoms with Gasteiger partial charge in [0.2, 0.25) is 0 Å². The maximum absolute atomic E-state index is 12.1. The van der Waals surface area contributed by atoms with Crippen molar-refractivity contribution in [2.45, 2.75) is 0 Å². The van der Waals surface area contributed by atoms with E-state index in [9.17, 15) is 4.79 Å². The highest BCUT2D eigenvalue weighted by molar-refractivity contribution is 6.30. The van der Waals surface area contributed by atoms with Crippen LogP contribution in [-0.2, 0) is 0 Å². The molecule has 0 aliphatic heterocycles. The van der Waals surface area contributed by atoms with Crippen LogP contribution in [0, 0.1) is 0 Å². The van der Waals surface area contributed by atoms with Crippen LogP contribution in [-0.4, -0.2) is 7.11 Å². The van der Waals surface area contributed by atoms with Crippen LogP contribution >= 0.6 is 0 Å². The molecule has 25 heavy (non-hydrogen) atoms. The van der Waals surface area contributed by atoms with Crippen molar-refractivity contribution in [1.29, 1.82) is 0 Å². The Labute approximate surface area is 143 Å². The predicted octanol–water partition coefficient (Wildman–Crippen LogP) is 5.26. The first kappa shape index (κ1) is 14.1. The zero-order valence-corrected chi connectivity index (χ0v) is 13.6. The second kappa shape index (κ2) is 5.08. The highest BCUT2D eigenvalue weighted by Gasteiger charge is 2.16. The van der Waals surface area contributed by atoms with Gasteiger partial charge in [-0.3, -0.25) is 4.79 Å². The molecule has 0 bridgehead atoms. The molecule has 0 unspecified atom stereocenters. The van der Waals surface area contributed by atoms with Gasteiger partial charge in [-0.2, -0.15) is 0 Å². The molecule has 120 valence electrons. The van der Waals surface area contributed by atoms with Crippen LogP contribution in [0.5, 0.6) is 5.75 Å². The third-order valence-electron chi connectivity index (χ3n) is 4.77. The van der Waals surface area contributed by atoms with E-state index >= 15 is 0 Å². The maximum atomic E-state index is 12.1. The molecule has 5 aromatic rings. The first-order chi connectivity index (χ1) is 12.3. The van der Waals surface area contributed by atoms with Gasteiger partial charge in [0.25, 0.3) is 0 Å². The van der Waals surface area contributed by atoms with Crippen LogP contribution in [0.15, 0.2) is 76.1 Å². The first-order valence-corrected chi connectivity index (χ1v) is 8.10. The highest BCUT2D eigenvalue weighted by Crippen LogP contribution is 2.41. The minimum absolute atomic E-state index is 0.0744. The molecule has 4 aromatic carbocycles. The zero-order chi connectivity index (χ0) is 17.0. The summed E-state index contributed by atoms with van der Waals surface area (Å²) < 4.78 is 11.6. The Balaban J connectivity index is 2.23. The van der Waals surface area contributed by atoms with Gasteiger partial charge in [-0.05, 0) is 22.2 Å². The molecule has 0 atom stereocenters. The Bertz CT molecular complexity index is 1350. The fraction of sp³-hybridized carbons (Fsp3) is 0.0455. The third-order valence-corrected chi connectivity index (χ3v) is 4.77. The lowest BCUT2D eigenvalue weighted by Gasteiger charge is -2.13. The number of fused-ring (bicyclic) bond motifs is 8. The SMILES string of the molecule is COc1cc(=O)cc2c3ccccc3c3c4ccccc4coc3c12. The van der Waals surface area contributed by atoms with Crippen molar-refractivity contribution in [1.82, 2.24) is 0 Å². The Morgan fingerprint density at radius 1 is 0.800 bits per heavy atom. The normalized spacial score (nSPS) is 11.6. The van der Waals surface area contributed by atoms with Gasteiger partial charge in [-0.25, -0.2) is 0 Å². The van der Waals surface area contributed by atoms with Gasteiger partial charge in [0, 0.05) is 22.2 Å². The fourth-order valence-electron chi connectivity index (χ4n) is 3.72. The minimum Gasteiger partial charge on any atom is -0.496 e. The lowest BCUT2D eigenvalue weighted by molar-refractivity contribution is 0.419. The number of ether oxygens (including phenoxy) is 1. The van der Waals surface area contributed by atoms with Crippen molar-refractivity contribution in [2.24, 2.45) is 0 Å². The van der Waals surface area contributed by atoms with E-state index in [2.05, 4.69) is 12.1 Å². The summed E-state index contributed by atoms with van der Waals surface area (Å²) in [4.78, 5) is 12.1. The highest BCUT2D eigenvalue weighted by atomic mass is 16.5. The van der Waals surface area contributed by atoms with Crippen molar-refractivity contribution >= 4 is 43.3 Å². The molecule has 1 heterocycles. The van der Waals surface area contributed by atoms with Crippen molar-refractivity contribution in [3.05, 3.63) is 77.2 Å². The fourth-order valence-corrected chi connectivity index (χ4v) is 3.72. The van der Waals surface area contributed by atoms with Gasteiger partial charge in [0.05, 0.1) is 18.8 Å². The van der Waals surface area contributed by atoms with Gasteiger partial charge in [0.1, 0.15) is 11.3 Å². The van der Waals surface area contributed by atoms with Gasteiger partial charge < -0.3 is 9.15 Å². The third kappa shape index (κ3) is 1.89. The van der Waals surface area contributed by atoms with Gasteiger partial charge in [0.15, 0.2) is 5.43 Å². The van der Waals surface area contributed by atoms with E-state index in [1.165, 1.54) is 6.07 Å². The van der Waals surface area contributed by atoms with Gasteiger partial charge in [-0.15, -0.1) is 0 Å². The van der Waals surface area contributed by atoms with E-state index < -0.39 is 0 Å². The molecule has 0 spiro atoms. The molecule has 0 radical (unpaired) electrons. The monoisotopic (exact) mass is 326 g/mol. The Morgan fingerprint density at radius 2 is 1.52 bits per heavy atom. The van der Waals surface area contributed by atoms with E-state index in [1.54, 1.807) is 19.4 Å². The average molecular weight is 326 g/mol. The van der Waals surface area contributed by atoms with E-state index in [-0.39, 0.29) is 5.43 Å². The first-order valence-electron chi connectivity index (χ1n) is 8.10. The quantitative estimate of drug-likeness (QED) is 0.394. The van der Waals surface area contributed by atoms with Crippen LogP contribution < -0.4 is 10.2 Å². The predicted molar refractivity (Wildman–Crippen MR) is 102 cm³/mol. The number of benzene rings is 4. The molecule has 0 aliphatic carbocycles. The summed E-state index contributed by atoms with van der Waals surface area (Å²) in [6.07, 6.45) is 1.76. The zero-order valence-electron chi connectivity index (χ0n) is 13.6. The molecular formula is C22H14O3. The molecule has 0 saturated carbocycles. The molecule has 5 rings (SSSR count). The summed E-state index contributed by atoms with van der Waals surface area (Å²) in [5, 5.41) is 6.98. The van der Waals surface area contributed by atoms with E-state index in [0.29, 0.717) is 5.75 Å². The smallest absolute Gasteiger partial charge is 0.182 e. The van der Waals surface area contributed by atoms with Crippen LogP contribution in [0.25, 0.3) is 43.3 Å². The lowest BCUT2D eigenvalue weighted by atomic mass is 9.94. The summed E-state index contributed by atoms with van der Waals surface area (Å²) in [6, 6.07) is 19.4.